The van der Waals surface area contributed by atoms with Gasteiger partial charge in [-0.15, -0.1) is 0 Å². The Bertz CT molecular complexity index is 1610. The molecule has 0 saturated carbocycles. The third-order valence-electron chi connectivity index (χ3n) is 8.27. The zero-order valence-electron chi connectivity index (χ0n) is 23.2. The van der Waals surface area contributed by atoms with Crippen LogP contribution in [0.1, 0.15) is 40.7 Å². The van der Waals surface area contributed by atoms with Crippen molar-refractivity contribution in [3.63, 3.8) is 0 Å². The molecule has 0 unspecified atom stereocenters. The molecule has 1 fully saturated rings. The van der Waals surface area contributed by atoms with Crippen LogP contribution in [0.2, 0.25) is 5.02 Å². The highest BCUT2D eigenvalue weighted by molar-refractivity contribution is 7.92. The van der Waals surface area contributed by atoms with Crippen LogP contribution in [0.5, 0.6) is 5.75 Å². The van der Waals surface area contributed by atoms with Crippen molar-refractivity contribution in [2.45, 2.75) is 55.4 Å². The molecule has 3 heterocycles. The van der Waals surface area contributed by atoms with E-state index in [1.807, 2.05) is 17.0 Å². The van der Waals surface area contributed by atoms with Gasteiger partial charge in [0.05, 0.1) is 29.0 Å². The van der Waals surface area contributed by atoms with Crippen molar-refractivity contribution in [1.29, 1.82) is 0 Å². The maximum Gasteiger partial charge on any atom is 0.261 e. The van der Waals surface area contributed by atoms with Crippen LogP contribution in [0.3, 0.4) is 0 Å². The maximum atomic E-state index is 13.6. The Morgan fingerprint density at radius 1 is 1.05 bits per heavy atom. The van der Waals surface area contributed by atoms with Crippen LogP contribution in [0.15, 0.2) is 71.6 Å². The van der Waals surface area contributed by atoms with Crippen LogP contribution in [0.25, 0.3) is 0 Å². The number of hydrogen-bond acceptors (Lipinski definition) is 6. The summed E-state index contributed by atoms with van der Waals surface area (Å²) in [6, 6.07) is 18.4. The van der Waals surface area contributed by atoms with E-state index < -0.39 is 16.1 Å². The lowest BCUT2D eigenvalue weighted by Gasteiger charge is -2.42. The first kappa shape index (κ1) is 28.5. The summed E-state index contributed by atoms with van der Waals surface area (Å²) < 4.78 is 40.7. The lowest BCUT2D eigenvalue weighted by atomic mass is 9.94. The summed E-state index contributed by atoms with van der Waals surface area (Å²) >= 11 is 5.89. The quantitative estimate of drug-likeness (QED) is 0.457. The highest BCUT2D eigenvalue weighted by atomic mass is 35.5. The van der Waals surface area contributed by atoms with E-state index in [9.17, 15) is 18.0 Å². The Balaban J connectivity index is 1.13. The number of carbonyl (C=O) groups excluding carboxylic acids is 2. The van der Waals surface area contributed by atoms with Gasteiger partial charge in [-0.1, -0.05) is 35.9 Å². The van der Waals surface area contributed by atoms with Crippen LogP contribution < -0.4 is 9.46 Å². The lowest BCUT2D eigenvalue weighted by Crippen LogP contribution is -2.54. The number of likely N-dealkylation sites (N-methyl/N-ethyl adjacent to an activating group) is 1. The number of ether oxygens (including phenoxy) is 2. The van der Waals surface area contributed by atoms with E-state index in [1.54, 1.807) is 24.1 Å². The molecule has 3 aliphatic heterocycles. The first-order chi connectivity index (χ1) is 20.2. The minimum atomic E-state index is -3.89. The molecule has 1 N–H and O–H groups in total. The van der Waals surface area contributed by atoms with Crippen LogP contribution >= 0.6 is 11.6 Å². The number of sulfonamides is 1. The van der Waals surface area contributed by atoms with Crippen molar-refractivity contribution in [1.82, 2.24) is 9.80 Å². The molecular weight excluding hydrogens is 578 g/mol. The standard InChI is InChI=1S/C31H32ClN3O6S/c1-34-27-12-9-24(17-30(36)35-15-14-20-4-2-3-5-21(20)18-35)41-29(27)19-40-28-13-8-23(16-26(28)31(34)37)33-42(38,39)25-10-6-22(32)7-11-25/h2-8,10-11,13,16,24,27,29,33H,9,12,14-15,17-19H2,1H3/t24-,27+,29+/m1/s1. The fourth-order valence-electron chi connectivity index (χ4n) is 5.95. The second kappa shape index (κ2) is 11.6. The second-order valence-electron chi connectivity index (χ2n) is 11.0. The van der Waals surface area contributed by atoms with E-state index in [0.717, 1.165) is 6.42 Å². The molecule has 42 heavy (non-hydrogen) atoms. The van der Waals surface area contributed by atoms with Crippen LogP contribution in [-0.4, -0.2) is 68.5 Å². The Morgan fingerprint density at radius 3 is 2.60 bits per heavy atom. The molecule has 6 rings (SSSR count). The molecule has 0 aromatic heterocycles. The number of benzene rings is 3. The van der Waals surface area contributed by atoms with E-state index in [4.69, 9.17) is 21.1 Å². The zero-order chi connectivity index (χ0) is 29.4. The number of rotatable bonds is 5. The molecule has 3 aromatic carbocycles. The van der Waals surface area contributed by atoms with Gasteiger partial charge in [0.25, 0.3) is 15.9 Å². The molecular formula is C31H32ClN3O6S. The van der Waals surface area contributed by atoms with Crippen molar-refractivity contribution in [2.24, 2.45) is 0 Å². The van der Waals surface area contributed by atoms with E-state index in [0.29, 0.717) is 36.7 Å². The van der Waals surface area contributed by atoms with Gasteiger partial charge in [-0.05, 0) is 72.9 Å². The highest BCUT2D eigenvalue weighted by Gasteiger charge is 2.39. The van der Waals surface area contributed by atoms with Crippen LogP contribution in [-0.2, 0) is 32.5 Å². The SMILES string of the molecule is CN1C(=O)c2cc(NS(=O)(=O)c3ccc(Cl)cc3)ccc2OC[C@@H]2O[C@@H](CC(=O)N3CCc4ccccc4C3)CC[C@@H]21. The third kappa shape index (κ3) is 5.84. The molecule has 2 amide bonds. The molecule has 11 heteroatoms. The molecule has 1 saturated heterocycles. The van der Waals surface area contributed by atoms with E-state index >= 15 is 0 Å². The van der Waals surface area contributed by atoms with Crippen LogP contribution in [0, 0.1) is 0 Å². The largest absolute Gasteiger partial charge is 0.490 e. The number of halogens is 1. The van der Waals surface area contributed by atoms with Gasteiger partial charge in [0.2, 0.25) is 5.91 Å². The molecule has 0 spiro atoms. The van der Waals surface area contributed by atoms with Gasteiger partial charge in [-0.25, -0.2) is 8.42 Å². The Labute approximate surface area is 250 Å². The number of hydrogen-bond donors (Lipinski definition) is 1. The van der Waals surface area contributed by atoms with Gasteiger partial charge >= 0.3 is 0 Å². The summed E-state index contributed by atoms with van der Waals surface area (Å²) in [5.74, 6) is 0.119. The summed E-state index contributed by atoms with van der Waals surface area (Å²) in [4.78, 5) is 30.3. The van der Waals surface area contributed by atoms with Gasteiger partial charge in [-0.2, -0.15) is 0 Å². The monoisotopic (exact) mass is 609 g/mol. The summed E-state index contributed by atoms with van der Waals surface area (Å²) in [7, 11) is -2.17. The van der Waals surface area contributed by atoms with Gasteiger partial charge in [0, 0.05) is 30.8 Å². The maximum absolute atomic E-state index is 13.6. The van der Waals surface area contributed by atoms with E-state index in [-0.39, 0.29) is 53.1 Å². The van der Waals surface area contributed by atoms with Crippen molar-refractivity contribution in [3.05, 3.63) is 88.4 Å². The number of nitrogens with zero attached hydrogens (tertiary/aromatic N) is 2. The fraction of sp³-hybridized carbons (Fsp3) is 0.355. The highest BCUT2D eigenvalue weighted by Crippen LogP contribution is 2.33. The predicted octanol–water partition coefficient (Wildman–Crippen LogP) is 4.50. The topological polar surface area (TPSA) is 105 Å². The summed E-state index contributed by atoms with van der Waals surface area (Å²) in [6.07, 6.45) is 1.78. The smallest absolute Gasteiger partial charge is 0.261 e. The average Bonchev–Trinajstić information content (AvgIpc) is 2.99. The Hall–Kier alpha value is -3.60. The number of amides is 2. The third-order valence-corrected chi connectivity index (χ3v) is 9.92. The number of nitrogens with one attached hydrogen (secondary N) is 1. The predicted molar refractivity (Wildman–Crippen MR) is 158 cm³/mol. The Kier molecular flexibility index (Phi) is 7.87. The number of fused-ring (bicyclic) bond motifs is 3. The van der Waals surface area contributed by atoms with Gasteiger partial charge < -0.3 is 19.3 Å². The zero-order valence-corrected chi connectivity index (χ0v) is 24.7. The van der Waals surface area contributed by atoms with E-state index in [2.05, 4.69) is 16.9 Å². The van der Waals surface area contributed by atoms with Crippen molar-refractivity contribution in [3.8, 4) is 5.75 Å². The Morgan fingerprint density at radius 2 is 1.81 bits per heavy atom. The van der Waals surface area contributed by atoms with Gasteiger partial charge in [0.1, 0.15) is 18.5 Å². The van der Waals surface area contributed by atoms with E-state index in [1.165, 1.54) is 41.5 Å². The lowest BCUT2D eigenvalue weighted by molar-refractivity contribution is -0.143. The summed E-state index contributed by atoms with van der Waals surface area (Å²) in [5, 5.41) is 0.428. The minimum absolute atomic E-state index is 0.0543. The van der Waals surface area contributed by atoms with Crippen molar-refractivity contribution < 1.29 is 27.5 Å². The number of carbonyl (C=O) groups is 2. The average molecular weight is 610 g/mol. The second-order valence-corrected chi connectivity index (χ2v) is 13.1. The fourth-order valence-corrected chi connectivity index (χ4v) is 7.13. The molecule has 9 nitrogen and oxygen atoms in total. The molecule has 3 atom stereocenters. The first-order valence-electron chi connectivity index (χ1n) is 14.0. The summed E-state index contributed by atoms with van der Waals surface area (Å²) in [5.41, 5.74) is 2.99. The summed E-state index contributed by atoms with van der Waals surface area (Å²) in [6.45, 7) is 1.51. The van der Waals surface area contributed by atoms with Crippen molar-refractivity contribution >= 4 is 39.1 Å². The van der Waals surface area contributed by atoms with Gasteiger partial charge in [0.15, 0.2) is 0 Å². The normalized spacial score (nSPS) is 22.1. The first-order valence-corrected chi connectivity index (χ1v) is 15.9. The number of anilines is 1. The van der Waals surface area contributed by atoms with Gasteiger partial charge in [-0.3, -0.25) is 14.3 Å². The molecule has 0 aliphatic carbocycles. The molecule has 3 aliphatic rings. The van der Waals surface area contributed by atoms with Crippen molar-refractivity contribution in [2.75, 3.05) is 24.9 Å². The minimum Gasteiger partial charge on any atom is -0.490 e. The molecule has 3 aromatic rings. The molecule has 220 valence electrons. The van der Waals surface area contributed by atoms with Crippen LogP contribution in [0.4, 0.5) is 5.69 Å². The molecule has 0 radical (unpaired) electrons. The molecule has 0 bridgehead atoms.